The van der Waals surface area contributed by atoms with Gasteiger partial charge in [0.15, 0.2) is 5.79 Å². The van der Waals surface area contributed by atoms with E-state index in [0.29, 0.717) is 0 Å². The zero-order valence-corrected chi connectivity index (χ0v) is 11.2. The van der Waals surface area contributed by atoms with Crippen molar-refractivity contribution in [2.45, 2.75) is 45.5 Å². The molecule has 4 nitrogen and oxygen atoms in total. The van der Waals surface area contributed by atoms with E-state index in [1.807, 2.05) is 0 Å². The van der Waals surface area contributed by atoms with Crippen LogP contribution in [0.25, 0.3) is 0 Å². The van der Waals surface area contributed by atoms with E-state index >= 15 is 0 Å². The van der Waals surface area contributed by atoms with Crippen LogP contribution in [0.15, 0.2) is 0 Å². The molecule has 17 heavy (non-hydrogen) atoms. The van der Waals surface area contributed by atoms with Gasteiger partial charge in [-0.1, -0.05) is 20.8 Å². The molecule has 2 fully saturated rings. The van der Waals surface area contributed by atoms with Gasteiger partial charge in [-0.25, -0.2) is 0 Å². The molecule has 0 saturated carbocycles. The zero-order valence-electron chi connectivity index (χ0n) is 11.2. The van der Waals surface area contributed by atoms with Crippen LogP contribution < -0.4 is 0 Å². The Bertz CT molecular complexity index is 246. The lowest BCUT2D eigenvalue weighted by Crippen LogP contribution is -2.48. The van der Waals surface area contributed by atoms with Gasteiger partial charge in [0.2, 0.25) is 0 Å². The fourth-order valence-corrected chi connectivity index (χ4v) is 2.38. The number of nitrogens with zero attached hydrogens (tertiary/aromatic N) is 1. The number of β-amino-alcohol motifs (C(OH)–C–C–N with tert-alkyl or cyclic N) is 1. The molecule has 0 bridgehead atoms. The van der Waals surface area contributed by atoms with Crippen molar-refractivity contribution in [2.75, 3.05) is 32.8 Å². The van der Waals surface area contributed by atoms with Crippen molar-refractivity contribution < 1.29 is 14.6 Å². The Kier molecular flexibility index (Phi) is 3.78. The maximum Gasteiger partial charge on any atom is 0.170 e. The highest BCUT2D eigenvalue weighted by Gasteiger charge is 2.40. The topological polar surface area (TPSA) is 41.9 Å². The van der Waals surface area contributed by atoms with E-state index < -0.39 is 0 Å². The van der Waals surface area contributed by atoms with Crippen LogP contribution in [-0.2, 0) is 9.47 Å². The van der Waals surface area contributed by atoms with E-state index in [2.05, 4.69) is 25.7 Å². The molecule has 2 heterocycles. The Labute approximate surface area is 104 Å². The van der Waals surface area contributed by atoms with Crippen molar-refractivity contribution in [3.05, 3.63) is 0 Å². The maximum atomic E-state index is 10.1. The highest BCUT2D eigenvalue weighted by molar-refractivity contribution is 4.85. The van der Waals surface area contributed by atoms with E-state index in [1.54, 1.807) is 0 Å². The summed E-state index contributed by atoms with van der Waals surface area (Å²) in [5.74, 6) is -0.302. The van der Waals surface area contributed by atoms with Crippen molar-refractivity contribution in [3.8, 4) is 0 Å². The highest BCUT2D eigenvalue weighted by atomic mass is 16.7. The molecule has 2 aliphatic heterocycles. The van der Waals surface area contributed by atoms with Gasteiger partial charge in [-0.3, -0.25) is 0 Å². The van der Waals surface area contributed by atoms with Crippen LogP contribution in [0.1, 0.15) is 33.6 Å². The van der Waals surface area contributed by atoms with Crippen molar-refractivity contribution in [1.82, 2.24) is 4.90 Å². The number of aliphatic hydroxyl groups is 1. The van der Waals surface area contributed by atoms with Crippen LogP contribution in [0.3, 0.4) is 0 Å². The summed E-state index contributed by atoms with van der Waals surface area (Å²) < 4.78 is 11.4. The molecule has 2 saturated heterocycles. The van der Waals surface area contributed by atoms with E-state index in [9.17, 15) is 5.11 Å². The summed E-state index contributed by atoms with van der Waals surface area (Å²) in [4.78, 5) is 2.31. The minimum absolute atomic E-state index is 0.0461. The van der Waals surface area contributed by atoms with Crippen LogP contribution >= 0.6 is 0 Å². The summed E-state index contributed by atoms with van der Waals surface area (Å²) in [5.41, 5.74) is -0.0461. The first-order valence-corrected chi connectivity index (χ1v) is 6.60. The number of ether oxygens (including phenoxy) is 2. The fourth-order valence-electron chi connectivity index (χ4n) is 2.38. The van der Waals surface area contributed by atoms with Crippen LogP contribution in [0.2, 0.25) is 0 Å². The van der Waals surface area contributed by atoms with E-state index in [4.69, 9.17) is 9.47 Å². The second-order valence-electron chi connectivity index (χ2n) is 6.29. The highest BCUT2D eigenvalue weighted by Crippen LogP contribution is 2.31. The van der Waals surface area contributed by atoms with Crippen LogP contribution in [0, 0.1) is 5.41 Å². The Balaban J connectivity index is 1.79. The number of piperidine rings is 1. The third-order valence-corrected chi connectivity index (χ3v) is 3.86. The van der Waals surface area contributed by atoms with Gasteiger partial charge in [0, 0.05) is 32.5 Å². The van der Waals surface area contributed by atoms with Gasteiger partial charge in [-0.05, 0) is 5.41 Å². The lowest BCUT2D eigenvalue weighted by Gasteiger charge is -2.39. The van der Waals surface area contributed by atoms with Gasteiger partial charge < -0.3 is 19.5 Å². The lowest BCUT2D eigenvalue weighted by atomic mass is 9.88. The molecule has 0 amide bonds. The Morgan fingerprint density at radius 3 is 2.18 bits per heavy atom. The first kappa shape index (κ1) is 13.3. The Morgan fingerprint density at radius 1 is 1.18 bits per heavy atom. The summed E-state index contributed by atoms with van der Waals surface area (Å²) in [6.45, 7) is 10.3. The number of hydrogen-bond donors (Lipinski definition) is 1. The molecule has 0 aromatic rings. The smallest absolute Gasteiger partial charge is 0.170 e. The summed E-state index contributed by atoms with van der Waals surface area (Å²) in [7, 11) is 0. The molecule has 2 rings (SSSR count). The largest absolute Gasteiger partial charge is 0.391 e. The van der Waals surface area contributed by atoms with Gasteiger partial charge in [-0.15, -0.1) is 0 Å². The second-order valence-corrected chi connectivity index (χ2v) is 6.29. The first-order chi connectivity index (χ1) is 7.91. The molecule has 2 aliphatic rings. The molecule has 1 spiro atoms. The molecule has 4 heteroatoms. The third kappa shape index (κ3) is 3.19. The summed E-state index contributed by atoms with van der Waals surface area (Å²) in [6.07, 6.45) is 1.57. The first-order valence-electron chi connectivity index (χ1n) is 6.60. The fraction of sp³-hybridized carbons (Fsp3) is 1.00. The van der Waals surface area contributed by atoms with Crippen molar-refractivity contribution in [2.24, 2.45) is 5.41 Å². The summed E-state index contributed by atoms with van der Waals surface area (Å²) in [6, 6.07) is 0. The minimum Gasteiger partial charge on any atom is -0.391 e. The van der Waals surface area contributed by atoms with Crippen molar-refractivity contribution in [1.29, 1.82) is 0 Å². The zero-order chi connectivity index (χ0) is 12.5. The standard InChI is InChI=1S/C13H25NO3/c1-12(2,3)11(15)10-14-6-4-13(5-7-14)16-8-9-17-13/h11,15H,4-10H2,1-3H3. The molecule has 1 unspecified atom stereocenters. The van der Waals surface area contributed by atoms with Crippen molar-refractivity contribution in [3.63, 3.8) is 0 Å². The van der Waals surface area contributed by atoms with Gasteiger partial charge in [-0.2, -0.15) is 0 Å². The molecule has 1 N–H and O–H groups in total. The number of likely N-dealkylation sites (tertiary alicyclic amines) is 1. The monoisotopic (exact) mass is 243 g/mol. The molecule has 0 aromatic carbocycles. The SMILES string of the molecule is CC(C)(C)C(O)CN1CCC2(CC1)OCCO2. The average molecular weight is 243 g/mol. The average Bonchev–Trinajstić information content (AvgIpc) is 2.69. The molecule has 0 aliphatic carbocycles. The van der Waals surface area contributed by atoms with Crippen LogP contribution in [0.4, 0.5) is 0 Å². The molecule has 1 atom stereocenters. The number of aliphatic hydroxyl groups excluding tert-OH is 1. The minimum atomic E-state index is -0.302. The molecule has 100 valence electrons. The summed E-state index contributed by atoms with van der Waals surface area (Å²) in [5, 5.41) is 10.1. The molecular formula is C13H25NO3. The normalized spacial score (nSPS) is 27.5. The van der Waals surface area contributed by atoms with Gasteiger partial charge in [0.1, 0.15) is 0 Å². The van der Waals surface area contributed by atoms with Crippen LogP contribution in [0.5, 0.6) is 0 Å². The predicted octanol–water partition coefficient (Wildman–Crippen LogP) is 1.23. The third-order valence-electron chi connectivity index (χ3n) is 3.86. The Morgan fingerprint density at radius 2 is 1.71 bits per heavy atom. The predicted molar refractivity (Wildman–Crippen MR) is 65.8 cm³/mol. The lowest BCUT2D eigenvalue weighted by molar-refractivity contribution is -0.187. The van der Waals surface area contributed by atoms with Crippen molar-refractivity contribution >= 4 is 0 Å². The maximum absolute atomic E-state index is 10.1. The van der Waals surface area contributed by atoms with Gasteiger partial charge in [0.05, 0.1) is 19.3 Å². The summed E-state index contributed by atoms with van der Waals surface area (Å²) >= 11 is 0. The van der Waals surface area contributed by atoms with E-state index in [0.717, 1.165) is 45.7 Å². The van der Waals surface area contributed by atoms with E-state index in [1.165, 1.54) is 0 Å². The van der Waals surface area contributed by atoms with E-state index in [-0.39, 0.29) is 17.3 Å². The number of rotatable bonds is 2. The quantitative estimate of drug-likeness (QED) is 0.792. The molecular weight excluding hydrogens is 218 g/mol. The Hall–Kier alpha value is -0.160. The second kappa shape index (κ2) is 4.84. The molecule has 0 aromatic heterocycles. The van der Waals surface area contributed by atoms with Gasteiger partial charge >= 0.3 is 0 Å². The number of hydrogen-bond acceptors (Lipinski definition) is 4. The molecule has 0 radical (unpaired) electrons. The van der Waals surface area contributed by atoms with Gasteiger partial charge in [0.25, 0.3) is 0 Å². The van der Waals surface area contributed by atoms with Crippen LogP contribution in [-0.4, -0.2) is 54.7 Å².